The van der Waals surface area contributed by atoms with Crippen LogP contribution in [0, 0.1) is 11.3 Å². The van der Waals surface area contributed by atoms with Crippen LogP contribution in [0.3, 0.4) is 0 Å². The fourth-order valence-corrected chi connectivity index (χ4v) is 4.07. The van der Waals surface area contributed by atoms with Crippen molar-refractivity contribution in [2.24, 2.45) is 0 Å². The molecule has 0 bridgehead atoms. The smallest absolute Gasteiger partial charge is 0.337 e. The molecule has 6 nitrogen and oxygen atoms in total. The largest absolute Gasteiger partial charge is 0.465 e. The number of amides is 1. The number of nitrogens with one attached hydrogen (secondary N) is 1. The van der Waals surface area contributed by atoms with Crippen LogP contribution in [0.15, 0.2) is 35.4 Å². The van der Waals surface area contributed by atoms with E-state index in [0.717, 1.165) is 31.4 Å². The predicted molar refractivity (Wildman–Crippen MR) is 112 cm³/mol. The molecule has 1 aliphatic carbocycles. The molecule has 0 fully saturated rings. The van der Waals surface area contributed by atoms with Gasteiger partial charge >= 0.3 is 5.97 Å². The Kier molecular flexibility index (Phi) is 7.25. The van der Waals surface area contributed by atoms with Crippen molar-refractivity contribution in [3.05, 3.63) is 52.7 Å². The first kappa shape index (κ1) is 20.9. The number of fused-ring (bicyclic) bond motifs is 1. The Bertz CT molecular complexity index is 936. The zero-order chi connectivity index (χ0) is 20.6. The van der Waals surface area contributed by atoms with Gasteiger partial charge < -0.3 is 10.1 Å². The third-order valence-electron chi connectivity index (χ3n) is 4.82. The minimum absolute atomic E-state index is 0.152. The van der Waals surface area contributed by atoms with Gasteiger partial charge in [-0.2, -0.15) is 5.26 Å². The maximum atomic E-state index is 12.3. The minimum Gasteiger partial charge on any atom is -0.465 e. The number of esters is 1. The van der Waals surface area contributed by atoms with Crippen molar-refractivity contribution in [1.29, 1.82) is 5.26 Å². The number of aryl methyl sites for hydroxylation is 2. The molecule has 0 spiro atoms. The van der Waals surface area contributed by atoms with E-state index in [1.54, 1.807) is 24.3 Å². The Balaban J connectivity index is 1.64. The number of ether oxygens (including phenoxy) is 1. The minimum atomic E-state index is -0.424. The number of carbonyl (C=O) groups is 2. The van der Waals surface area contributed by atoms with Crippen molar-refractivity contribution in [1.82, 2.24) is 4.98 Å². The summed E-state index contributed by atoms with van der Waals surface area (Å²) in [5, 5.41) is 12.9. The molecule has 1 aromatic carbocycles. The van der Waals surface area contributed by atoms with Crippen LogP contribution in [-0.2, 0) is 22.4 Å². The van der Waals surface area contributed by atoms with Gasteiger partial charge in [-0.05, 0) is 61.6 Å². The zero-order valence-corrected chi connectivity index (χ0v) is 17.2. The molecule has 0 aliphatic heterocycles. The van der Waals surface area contributed by atoms with E-state index in [1.165, 1.54) is 37.3 Å². The molecule has 7 heteroatoms. The van der Waals surface area contributed by atoms with E-state index >= 15 is 0 Å². The topological polar surface area (TPSA) is 92.1 Å². The molecule has 0 saturated heterocycles. The van der Waals surface area contributed by atoms with E-state index in [1.807, 2.05) is 6.07 Å². The third kappa shape index (κ3) is 5.58. The van der Waals surface area contributed by atoms with Crippen LogP contribution in [0.5, 0.6) is 0 Å². The fourth-order valence-electron chi connectivity index (χ4n) is 3.30. The fraction of sp³-hybridized carbons (Fsp3) is 0.364. The van der Waals surface area contributed by atoms with Gasteiger partial charge in [-0.3, -0.25) is 4.79 Å². The Labute approximate surface area is 174 Å². The average molecular weight is 410 g/mol. The third-order valence-corrected chi connectivity index (χ3v) is 5.81. The number of nitriles is 1. The Morgan fingerprint density at radius 2 is 1.90 bits per heavy atom. The highest BCUT2D eigenvalue weighted by atomic mass is 32.2. The number of pyridine rings is 1. The van der Waals surface area contributed by atoms with Crippen LogP contribution in [0.2, 0.25) is 0 Å². The molecular weight excluding hydrogens is 386 g/mol. The van der Waals surface area contributed by atoms with Crippen molar-refractivity contribution < 1.29 is 14.3 Å². The molecule has 0 saturated carbocycles. The van der Waals surface area contributed by atoms with Crippen molar-refractivity contribution in [3.8, 4) is 6.07 Å². The first-order chi connectivity index (χ1) is 14.1. The number of hydrogen-bond donors (Lipinski definition) is 1. The molecule has 1 amide bonds. The molecule has 1 N–H and O–H groups in total. The molecule has 1 aliphatic rings. The first-order valence-corrected chi connectivity index (χ1v) is 10.6. The summed E-state index contributed by atoms with van der Waals surface area (Å²) in [5.41, 5.74) is 3.77. The number of benzene rings is 1. The number of carbonyl (C=O) groups excluding carboxylic acids is 2. The van der Waals surface area contributed by atoms with Gasteiger partial charge in [-0.15, -0.1) is 0 Å². The number of hydrogen-bond acceptors (Lipinski definition) is 6. The summed E-state index contributed by atoms with van der Waals surface area (Å²) < 4.78 is 4.66. The molecule has 3 rings (SSSR count). The highest BCUT2D eigenvalue weighted by molar-refractivity contribution is 8.00. The second-order valence-corrected chi connectivity index (χ2v) is 7.84. The Hall–Kier alpha value is -2.85. The van der Waals surface area contributed by atoms with Crippen LogP contribution in [-0.4, -0.2) is 29.7 Å². The number of nitrogens with zero attached hydrogens (tertiary/aromatic N) is 2. The lowest BCUT2D eigenvalue weighted by Gasteiger charge is -2.15. The second-order valence-electron chi connectivity index (χ2n) is 6.88. The lowest BCUT2D eigenvalue weighted by atomic mass is 9.96. The standard InChI is InChI=1S/C22H23N3O3S/c1-28-22(27)15-8-10-18(11-9-15)24-20(26)14-29-21-17(13-23)12-16-6-4-2-3-5-7-19(16)25-21/h8-12H,2-7,14H2,1H3,(H,24,26). The predicted octanol–water partition coefficient (Wildman–Crippen LogP) is 4.13. The maximum absolute atomic E-state index is 12.3. The maximum Gasteiger partial charge on any atom is 0.337 e. The lowest BCUT2D eigenvalue weighted by Crippen LogP contribution is -2.15. The summed E-state index contributed by atoms with van der Waals surface area (Å²) in [6.45, 7) is 0. The molecular formula is C22H23N3O3S. The molecule has 29 heavy (non-hydrogen) atoms. The molecule has 0 atom stereocenters. The Morgan fingerprint density at radius 3 is 2.59 bits per heavy atom. The van der Waals surface area contributed by atoms with Crippen molar-refractivity contribution in [2.45, 2.75) is 43.6 Å². The molecule has 0 unspecified atom stereocenters. The zero-order valence-electron chi connectivity index (χ0n) is 16.4. The number of anilines is 1. The molecule has 1 heterocycles. The summed E-state index contributed by atoms with van der Waals surface area (Å²) in [7, 11) is 1.32. The monoisotopic (exact) mass is 409 g/mol. The lowest BCUT2D eigenvalue weighted by molar-refractivity contribution is -0.113. The summed E-state index contributed by atoms with van der Waals surface area (Å²) in [4.78, 5) is 28.5. The van der Waals surface area contributed by atoms with Crippen molar-refractivity contribution in [2.75, 3.05) is 18.2 Å². The van der Waals surface area contributed by atoms with E-state index in [9.17, 15) is 14.9 Å². The molecule has 1 aromatic heterocycles. The van der Waals surface area contributed by atoms with E-state index in [4.69, 9.17) is 4.98 Å². The van der Waals surface area contributed by atoms with Crippen LogP contribution in [0.25, 0.3) is 0 Å². The molecule has 2 aromatic rings. The van der Waals surface area contributed by atoms with E-state index in [2.05, 4.69) is 16.1 Å². The second kappa shape index (κ2) is 10.1. The highest BCUT2D eigenvalue weighted by Gasteiger charge is 2.15. The van der Waals surface area contributed by atoms with Gasteiger partial charge in [0.15, 0.2) is 0 Å². The normalized spacial score (nSPS) is 13.4. The number of aromatic nitrogens is 1. The number of rotatable bonds is 5. The summed E-state index contributed by atoms with van der Waals surface area (Å²) in [6, 6.07) is 10.7. The van der Waals surface area contributed by atoms with Gasteiger partial charge in [0.05, 0.1) is 24.0 Å². The van der Waals surface area contributed by atoms with E-state index in [-0.39, 0.29) is 11.7 Å². The van der Waals surface area contributed by atoms with Crippen LogP contribution < -0.4 is 5.32 Å². The summed E-state index contributed by atoms with van der Waals surface area (Å²) in [5.74, 6) is -0.468. The van der Waals surface area contributed by atoms with E-state index < -0.39 is 5.97 Å². The van der Waals surface area contributed by atoms with Gasteiger partial charge in [0, 0.05) is 11.4 Å². The molecule has 150 valence electrons. The number of methoxy groups -OCH3 is 1. The van der Waals surface area contributed by atoms with Crippen molar-refractivity contribution >= 4 is 29.3 Å². The van der Waals surface area contributed by atoms with E-state index in [0.29, 0.717) is 21.8 Å². The van der Waals surface area contributed by atoms with Crippen molar-refractivity contribution in [3.63, 3.8) is 0 Å². The number of thioether (sulfide) groups is 1. The summed E-state index contributed by atoms with van der Waals surface area (Å²) >= 11 is 1.28. The van der Waals surface area contributed by atoms with Gasteiger partial charge in [0.1, 0.15) is 11.1 Å². The highest BCUT2D eigenvalue weighted by Crippen LogP contribution is 2.26. The SMILES string of the molecule is COC(=O)c1ccc(NC(=O)CSc2nc3c(cc2C#N)CCCCCC3)cc1. The van der Waals surface area contributed by atoms with Gasteiger partial charge in [0.2, 0.25) is 5.91 Å². The first-order valence-electron chi connectivity index (χ1n) is 9.64. The van der Waals surface area contributed by atoms with Gasteiger partial charge in [0.25, 0.3) is 0 Å². The van der Waals surface area contributed by atoms with Crippen LogP contribution >= 0.6 is 11.8 Å². The van der Waals surface area contributed by atoms with Gasteiger partial charge in [-0.25, -0.2) is 9.78 Å². The average Bonchev–Trinajstić information content (AvgIpc) is 2.72. The summed E-state index contributed by atoms with van der Waals surface area (Å²) in [6.07, 6.45) is 6.55. The Morgan fingerprint density at radius 1 is 1.17 bits per heavy atom. The quantitative estimate of drug-likeness (QED) is 0.590. The van der Waals surface area contributed by atoms with Crippen LogP contribution in [0.4, 0.5) is 5.69 Å². The molecule has 0 radical (unpaired) electrons. The van der Waals surface area contributed by atoms with Gasteiger partial charge in [-0.1, -0.05) is 24.6 Å². The van der Waals surface area contributed by atoms with Crippen LogP contribution in [0.1, 0.15) is 52.9 Å².